The maximum atomic E-state index is 11.8. The molecule has 0 heterocycles. The molecule has 0 radical (unpaired) electrons. The number of carbonyl (C=O) groups is 1. The van der Waals surface area contributed by atoms with Crippen molar-refractivity contribution in [2.24, 2.45) is 0 Å². The molecule has 0 saturated carbocycles. The number of hydrogen-bond donors (Lipinski definition) is 0. The molecule has 0 aliphatic heterocycles. The molecule has 0 aliphatic carbocycles. The quantitative estimate of drug-likeness (QED) is 0.433. The van der Waals surface area contributed by atoms with E-state index >= 15 is 0 Å². The highest BCUT2D eigenvalue weighted by atomic mass is 19.1. The van der Waals surface area contributed by atoms with Gasteiger partial charge in [0, 0.05) is 5.56 Å². The van der Waals surface area contributed by atoms with Crippen LogP contribution in [0.4, 0.5) is 4.39 Å². The van der Waals surface area contributed by atoms with E-state index in [4.69, 9.17) is 4.74 Å². The lowest BCUT2D eigenvalue weighted by Crippen LogP contribution is -1.97. The van der Waals surface area contributed by atoms with E-state index in [-0.39, 0.29) is 6.67 Å². The standard InChI is InChI=1S/C16H23FO2/c17-12-6-4-2-1-3-5-7-13-19-16-10-8-15(14-18)9-11-16/h8-11,14H,1-7,12-13H2. The van der Waals surface area contributed by atoms with Crippen LogP contribution in [0.25, 0.3) is 0 Å². The zero-order valence-electron chi connectivity index (χ0n) is 11.4. The van der Waals surface area contributed by atoms with Crippen molar-refractivity contribution >= 4 is 6.29 Å². The second-order valence-electron chi connectivity index (χ2n) is 4.70. The zero-order valence-corrected chi connectivity index (χ0v) is 11.4. The number of unbranched alkanes of at least 4 members (excludes halogenated alkanes) is 6. The summed E-state index contributed by atoms with van der Waals surface area (Å²) in [4.78, 5) is 10.5. The summed E-state index contributed by atoms with van der Waals surface area (Å²) in [6, 6.07) is 7.15. The molecule has 0 fully saturated rings. The summed E-state index contributed by atoms with van der Waals surface area (Å²) in [5, 5.41) is 0. The van der Waals surface area contributed by atoms with E-state index in [2.05, 4.69) is 0 Å². The average molecular weight is 266 g/mol. The Hall–Kier alpha value is -1.38. The van der Waals surface area contributed by atoms with Gasteiger partial charge in [0.1, 0.15) is 12.0 Å². The second-order valence-corrected chi connectivity index (χ2v) is 4.70. The molecule has 0 unspecified atom stereocenters. The normalized spacial score (nSPS) is 10.4. The zero-order chi connectivity index (χ0) is 13.8. The minimum atomic E-state index is -0.184. The maximum absolute atomic E-state index is 11.8. The Kier molecular flexibility index (Phi) is 8.69. The number of benzene rings is 1. The number of halogens is 1. The van der Waals surface area contributed by atoms with E-state index in [0.717, 1.165) is 37.7 Å². The van der Waals surface area contributed by atoms with Crippen LogP contribution < -0.4 is 4.74 Å². The minimum Gasteiger partial charge on any atom is -0.494 e. The lowest BCUT2D eigenvalue weighted by Gasteiger charge is -2.06. The van der Waals surface area contributed by atoms with Gasteiger partial charge in [-0.25, -0.2) is 0 Å². The van der Waals surface area contributed by atoms with Crippen molar-refractivity contribution in [2.45, 2.75) is 44.9 Å². The van der Waals surface area contributed by atoms with Crippen molar-refractivity contribution in [3.63, 3.8) is 0 Å². The molecule has 19 heavy (non-hydrogen) atoms. The van der Waals surface area contributed by atoms with Gasteiger partial charge in [-0.1, -0.05) is 32.1 Å². The summed E-state index contributed by atoms with van der Waals surface area (Å²) in [5.74, 6) is 0.813. The van der Waals surface area contributed by atoms with E-state index in [1.54, 1.807) is 12.1 Å². The largest absolute Gasteiger partial charge is 0.494 e. The fraction of sp³-hybridized carbons (Fsp3) is 0.562. The van der Waals surface area contributed by atoms with Crippen molar-refractivity contribution < 1.29 is 13.9 Å². The minimum absolute atomic E-state index is 0.184. The molecule has 106 valence electrons. The molecule has 0 aromatic heterocycles. The molecular weight excluding hydrogens is 243 g/mol. The topological polar surface area (TPSA) is 26.3 Å². The first-order valence-corrected chi connectivity index (χ1v) is 7.11. The third-order valence-electron chi connectivity index (χ3n) is 3.06. The number of alkyl halides is 1. The van der Waals surface area contributed by atoms with Crippen molar-refractivity contribution in [3.05, 3.63) is 29.8 Å². The summed E-state index contributed by atoms with van der Waals surface area (Å²) in [7, 11) is 0. The van der Waals surface area contributed by atoms with Crippen LogP contribution in [0, 0.1) is 0 Å². The van der Waals surface area contributed by atoms with Crippen LogP contribution >= 0.6 is 0 Å². The van der Waals surface area contributed by atoms with Crippen LogP contribution in [0.2, 0.25) is 0 Å². The first kappa shape index (κ1) is 15.7. The Balaban J connectivity index is 1.96. The Morgan fingerprint density at radius 2 is 1.47 bits per heavy atom. The van der Waals surface area contributed by atoms with Crippen LogP contribution in [0.15, 0.2) is 24.3 Å². The van der Waals surface area contributed by atoms with Crippen molar-refractivity contribution in [1.29, 1.82) is 0 Å². The van der Waals surface area contributed by atoms with E-state index in [9.17, 15) is 9.18 Å². The Bertz CT molecular complexity index is 335. The smallest absolute Gasteiger partial charge is 0.150 e. The molecule has 1 rings (SSSR count). The first-order chi connectivity index (χ1) is 9.36. The van der Waals surface area contributed by atoms with Gasteiger partial charge in [-0.15, -0.1) is 0 Å². The lowest BCUT2D eigenvalue weighted by atomic mass is 10.1. The Morgan fingerprint density at radius 3 is 2.05 bits per heavy atom. The highest BCUT2D eigenvalue weighted by molar-refractivity contribution is 5.74. The number of aldehydes is 1. The third kappa shape index (κ3) is 7.60. The van der Waals surface area contributed by atoms with Gasteiger partial charge in [-0.05, 0) is 37.1 Å². The second kappa shape index (κ2) is 10.5. The van der Waals surface area contributed by atoms with Gasteiger partial charge in [0.05, 0.1) is 13.3 Å². The highest BCUT2D eigenvalue weighted by Crippen LogP contribution is 2.12. The van der Waals surface area contributed by atoms with Crippen molar-refractivity contribution in [1.82, 2.24) is 0 Å². The summed E-state index contributed by atoms with van der Waals surface area (Å²) in [5.41, 5.74) is 0.667. The Labute approximate surface area is 115 Å². The predicted molar refractivity (Wildman–Crippen MR) is 75.6 cm³/mol. The molecule has 2 nitrogen and oxygen atoms in total. The van der Waals surface area contributed by atoms with Crippen molar-refractivity contribution in [2.75, 3.05) is 13.3 Å². The SMILES string of the molecule is O=Cc1ccc(OCCCCCCCCCF)cc1. The number of hydrogen-bond acceptors (Lipinski definition) is 2. The molecule has 0 aliphatic rings. The highest BCUT2D eigenvalue weighted by Gasteiger charge is 1.95. The van der Waals surface area contributed by atoms with Gasteiger partial charge in [-0.2, -0.15) is 0 Å². The molecule has 3 heteroatoms. The van der Waals surface area contributed by atoms with Gasteiger partial charge in [0.15, 0.2) is 0 Å². The van der Waals surface area contributed by atoms with Crippen LogP contribution in [-0.4, -0.2) is 19.6 Å². The van der Waals surface area contributed by atoms with Crippen LogP contribution in [0.3, 0.4) is 0 Å². The monoisotopic (exact) mass is 266 g/mol. The summed E-state index contributed by atoms with van der Waals surface area (Å²) >= 11 is 0. The Morgan fingerprint density at radius 1 is 0.895 bits per heavy atom. The first-order valence-electron chi connectivity index (χ1n) is 7.11. The fourth-order valence-corrected chi connectivity index (χ4v) is 1.91. The van der Waals surface area contributed by atoms with Gasteiger partial charge in [0.25, 0.3) is 0 Å². The molecule has 0 spiro atoms. The van der Waals surface area contributed by atoms with Gasteiger partial charge in [-0.3, -0.25) is 9.18 Å². The van der Waals surface area contributed by atoms with Crippen LogP contribution in [0.1, 0.15) is 55.3 Å². The van der Waals surface area contributed by atoms with Gasteiger partial charge in [0.2, 0.25) is 0 Å². The van der Waals surface area contributed by atoms with Crippen molar-refractivity contribution in [3.8, 4) is 5.75 Å². The number of rotatable bonds is 11. The molecule has 0 amide bonds. The molecule has 0 saturated heterocycles. The molecule has 0 atom stereocenters. The van der Waals surface area contributed by atoms with E-state index in [1.807, 2.05) is 12.1 Å². The molecule has 0 bridgehead atoms. The molecule has 1 aromatic carbocycles. The average Bonchev–Trinajstić information content (AvgIpc) is 2.46. The number of ether oxygens (including phenoxy) is 1. The van der Waals surface area contributed by atoms with E-state index < -0.39 is 0 Å². The van der Waals surface area contributed by atoms with E-state index in [1.165, 1.54) is 12.8 Å². The summed E-state index contributed by atoms with van der Waals surface area (Å²) in [6.07, 6.45) is 8.26. The van der Waals surface area contributed by atoms with Gasteiger partial charge >= 0.3 is 0 Å². The number of carbonyl (C=O) groups excluding carboxylic acids is 1. The predicted octanol–water partition coefficient (Wildman–Crippen LogP) is 4.58. The van der Waals surface area contributed by atoms with Gasteiger partial charge < -0.3 is 4.74 Å². The summed E-state index contributed by atoms with van der Waals surface area (Å²) < 4.78 is 17.4. The summed E-state index contributed by atoms with van der Waals surface area (Å²) in [6.45, 7) is 0.529. The molecule has 0 N–H and O–H groups in total. The van der Waals surface area contributed by atoms with Crippen LogP contribution in [-0.2, 0) is 0 Å². The third-order valence-corrected chi connectivity index (χ3v) is 3.06. The maximum Gasteiger partial charge on any atom is 0.150 e. The lowest BCUT2D eigenvalue weighted by molar-refractivity contribution is 0.112. The fourth-order valence-electron chi connectivity index (χ4n) is 1.91. The van der Waals surface area contributed by atoms with E-state index in [0.29, 0.717) is 18.6 Å². The molecular formula is C16H23FO2. The van der Waals surface area contributed by atoms with Crippen LogP contribution in [0.5, 0.6) is 5.75 Å². The molecule has 1 aromatic rings.